The van der Waals surface area contributed by atoms with Gasteiger partial charge >= 0.3 is 5.97 Å². The Morgan fingerprint density at radius 3 is 2.47 bits per heavy atom. The van der Waals surface area contributed by atoms with Crippen molar-refractivity contribution in [3.63, 3.8) is 0 Å². The Labute approximate surface area is 91.2 Å². The second kappa shape index (κ2) is 3.82. The molecule has 0 aliphatic heterocycles. The van der Waals surface area contributed by atoms with Crippen LogP contribution in [0, 0.1) is 6.92 Å². The minimum atomic E-state index is -4.05. The topological polar surface area (TPSA) is 78.3 Å². The van der Waals surface area contributed by atoms with E-state index >= 15 is 0 Å². The molecule has 0 aromatic carbocycles. The zero-order valence-electron chi connectivity index (χ0n) is 8.31. The highest BCUT2D eigenvalue weighted by atomic mass is 35.7. The minimum absolute atomic E-state index is 0.130. The lowest BCUT2D eigenvalue weighted by atomic mass is 10.3. The largest absolute Gasteiger partial charge is 0.465 e. The van der Waals surface area contributed by atoms with Crippen LogP contribution in [-0.4, -0.2) is 31.3 Å². The summed E-state index contributed by atoms with van der Waals surface area (Å²) in [6, 6.07) is 0. The number of carbonyl (C=O) groups is 1. The molecule has 1 heterocycles. The lowest BCUT2D eigenvalue weighted by Crippen LogP contribution is -2.07. The van der Waals surface area contributed by atoms with E-state index in [2.05, 4.69) is 9.84 Å². The maximum absolute atomic E-state index is 11.3. The van der Waals surface area contributed by atoms with Crippen molar-refractivity contribution in [2.45, 2.75) is 11.9 Å². The lowest BCUT2D eigenvalue weighted by molar-refractivity contribution is 0.0595. The first kappa shape index (κ1) is 12.0. The van der Waals surface area contributed by atoms with Crippen molar-refractivity contribution in [3.8, 4) is 0 Å². The summed E-state index contributed by atoms with van der Waals surface area (Å²) in [6.45, 7) is 1.55. The number of ether oxygens (including phenoxy) is 1. The second-order valence-electron chi connectivity index (χ2n) is 2.82. The average molecular weight is 253 g/mol. The van der Waals surface area contributed by atoms with Gasteiger partial charge in [0.15, 0.2) is 0 Å². The van der Waals surface area contributed by atoms with Crippen LogP contribution < -0.4 is 0 Å². The van der Waals surface area contributed by atoms with E-state index in [9.17, 15) is 13.2 Å². The summed E-state index contributed by atoms with van der Waals surface area (Å²) in [4.78, 5) is 11.3. The summed E-state index contributed by atoms with van der Waals surface area (Å²) in [5.41, 5.74) is 0.246. The van der Waals surface area contributed by atoms with Crippen LogP contribution in [0.1, 0.15) is 16.1 Å². The highest BCUT2D eigenvalue weighted by molar-refractivity contribution is 8.13. The molecule has 0 radical (unpaired) electrons. The van der Waals surface area contributed by atoms with Crippen molar-refractivity contribution in [1.29, 1.82) is 0 Å². The molecule has 0 N–H and O–H groups in total. The van der Waals surface area contributed by atoms with Crippen molar-refractivity contribution >= 4 is 25.7 Å². The van der Waals surface area contributed by atoms with Gasteiger partial charge in [0.2, 0.25) is 5.03 Å². The molecule has 84 valence electrons. The molecule has 0 bridgehead atoms. The zero-order chi connectivity index (χ0) is 11.8. The van der Waals surface area contributed by atoms with Crippen molar-refractivity contribution in [3.05, 3.63) is 11.3 Å². The normalized spacial score (nSPS) is 11.5. The van der Waals surface area contributed by atoms with Crippen molar-refractivity contribution in [2.75, 3.05) is 7.11 Å². The van der Waals surface area contributed by atoms with Gasteiger partial charge in [0.1, 0.15) is 5.56 Å². The highest BCUT2D eigenvalue weighted by Gasteiger charge is 2.28. The van der Waals surface area contributed by atoms with Gasteiger partial charge in [-0.05, 0) is 6.92 Å². The summed E-state index contributed by atoms with van der Waals surface area (Å²) in [5, 5.41) is 3.17. The van der Waals surface area contributed by atoms with Crippen molar-refractivity contribution < 1.29 is 17.9 Å². The molecular formula is C7H9ClN2O4S. The van der Waals surface area contributed by atoms with E-state index in [1.165, 1.54) is 11.7 Å². The van der Waals surface area contributed by atoms with Gasteiger partial charge < -0.3 is 4.74 Å². The van der Waals surface area contributed by atoms with Crippen molar-refractivity contribution in [2.24, 2.45) is 7.05 Å². The molecule has 0 aliphatic rings. The average Bonchev–Trinajstić information content (AvgIpc) is 2.42. The smallest absolute Gasteiger partial charge is 0.342 e. The predicted molar refractivity (Wildman–Crippen MR) is 52.3 cm³/mol. The summed E-state index contributed by atoms with van der Waals surface area (Å²) >= 11 is 0. The highest BCUT2D eigenvalue weighted by Crippen LogP contribution is 2.22. The van der Waals surface area contributed by atoms with Crippen LogP contribution in [0.15, 0.2) is 5.03 Å². The minimum Gasteiger partial charge on any atom is -0.465 e. The Bertz CT molecular complexity index is 505. The Hall–Kier alpha value is -1.08. The summed E-state index contributed by atoms with van der Waals surface area (Å²) < 4.78 is 27.9. The molecule has 0 fully saturated rings. The van der Waals surface area contributed by atoms with E-state index in [0.29, 0.717) is 5.69 Å². The summed E-state index contributed by atoms with van der Waals surface area (Å²) in [6.07, 6.45) is 0. The van der Waals surface area contributed by atoms with E-state index in [0.717, 1.165) is 7.11 Å². The molecule has 0 aliphatic carbocycles. The quantitative estimate of drug-likeness (QED) is 0.564. The van der Waals surface area contributed by atoms with Crippen LogP contribution >= 0.6 is 10.7 Å². The van der Waals surface area contributed by atoms with E-state index in [4.69, 9.17) is 10.7 Å². The first-order valence-corrected chi connectivity index (χ1v) is 6.16. The van der Waals surface area contributed by atoms with Gasteiger partial charge in [0.25, 0.3) is 9.05 Å². The number of halogens is 1. The monoisotopic (exact) mass is 252 g/mol. The third kappa shape index (κ3) is 2.13. The van der Waals surface area contributed by atoms with Gasteiger partial charge in [-0.25, -0.2) is 13.2 Å². The van der Waals surface area contributed by atoms with Crippen LogP contribution in [-0.2, 0) is 20.8 Å². The molecule has 0 amide bonds. The number of methoxy groups -OCH3 is 1. The molecule has 6 nitrogen and oxygen atoms in total. The van der Waals surface area contributed by atoms with Crippen LogP contribution in [0.3, 0.4) is 0 Å². The maximum Gasteiger partial charge on any atom is 0.342 e. The molecule has 1 aromatic heterocycles. The van der Waals surface area contributed by atoms with E-state index in [1.54, 1.807) is 6.92 Å². The van der Waals surface area contributed by atoms with Crippen LogP contribution in [0.4, 0.5) is 0 Å². The van der Waals surface area contributed by atoms with Crippen molar-refractivity contribution in [1.82, 2.24) is 9.78 Å². The van der Waals surface area contributed by atoms with Gasteiger partial charge in [-0.15, -0.1) is 0 Å². The molecular weight excluding hydrogens is 244 g/mol. The standard InChI is InChI=1S/C7H9ClN2O4S/c1-4-5(7(11)14-3)6(9-10(4)2)15(8,12)13/h1-3H3. The molecule has 15 heavy (non-hydrogen) atoms. The van der Waals surface area contributed by atoms with Gasteiger partial charge in [0, 0.05) is 17.7 Å². The van der Waals surface area contributed by atoms with E-state index in [-0.39, 0.29) is 5.56 Å². The van der Waals surface area contributed by atoms with Gasteiger partial charge in [-0.1, -0.05) is 0 Å². The number of nitrogens with zero attached hydrogens (tertiary/aromatic N) is 2. The third-order valence-corrected chi connectivity index (χ3v) is 3.11. The maximum atomic E-state index is 11.3. The summed E-state index contributed by atoms with van der Waals surface area (Å²) in [5.74, 6) is -0.778. The Morgan fingerprint density at radius 1 is 1.53 bits per heavy atom. The fourth-order valence-corrected chi connectivity index (χ4v) is 2.10. The Balaban J connectivity index is 3.55. The van der Waals surface area contributed by atoms with Crippen LogP contribution in [0.5, 0.6) is 0 Å². The fourth-order valence-electron chi connectivity index (χ4n) is 1.09. The number of aryl methyl sites for hydroxylation is 1. The predicted octanol–water partition coefficient (Wildman–Crippen LogP) is 0.443. The number of aromatic nitrogens is 2. The number of hydrogen-bond donors (Lipinski definition) is 0. The molecule has 0 saturated carbocycles. The second-order valence-corrected chi connectivity index (χ2v) is 5.30. The molecule has 1 rings (SSSR count). The first-order valence-electron chi connectivity index (χ1n) is 3.85. The van der Waals surface area contributed by atoms with Gasteiger partial charge in [0.05, 0.1) is 12.8 Å². The number of carbonyl (C=O) groups excluding carboxylic acids is 1. The number of esters is 1. The Morgan fingerprint density at radius 2 is 2.07 bits per heavy atom. The Kier molecular flexibility index (Phi) is 3.05. The lowest BCUT2D eigenvalue weighted by Gasteiger charge is -1.98. The molecule has 0 saturated heterocycles. The third-order valence-electron chi connectivity index (χ3n) is 1.92. The van der Waals surface area contributed by atoms with Crippen LogP contribution in [0.25, 0.3) is 0 Å². The number of hydrogen-bond acceptors (Lipinski definition) is 5. The molecule has 1 aromatic rings. The van der Waals surface area contributed by atoms with Crippen LogP contribution in [0.2, 0.25) is 0 Å². The zero-order valence-corrected chi connectivity index (χ0v) is 9.89. The molecule has 8 heteroatoms. The van der Waals surface area contributed by atoms with E-state index < -0.39 is 20.0 Å². The van der Waals surface area contributed by atoms with Gasteiger partial charge in [-0.3, -0.25) is 4.68 Å². The molecule has 0 atom stereocenters. The fraction of sp³-hybridized carbons (Fsp3) is 0.429. The first-order chi connectivity index (χ1) is 6.79. The number of rotatable bonds is 2. The summed E-state index contributed by atoms with van der Waals surface area (Å²) in [7, 11) is 3.75. The SMILES string of the molecule is COC(=O)c1c(S(=O)(=O)Cl)nn(C)c1C. The molecule has 0 spiro atoms. The van der Waals surface area contributed by atoms with Gasteiger partial charge in [-0.2, -0.15) is 5.10 Å². The van der Waals surface area contributed by atoms with E-state index in [1.807, 2.05) is 0 Å². The molecule has 0 unspecified atom stereocenters.